The zero-order valence-corrected chi connectivity index (χ0v) is 18.8. The first-order chi connectivity index (χ1) is 14.9. The maximum atomic E-state index is 11.4. The SMILES string of the molecule is CC(C)C[C@@H](C)N1CCN(C(=NCc2ccccc2)Nc2cccc(C(=O)O)c2)CC1. The van der Waals surface area contributed by atoms with Crippen LogP contribution < -0.4 is 5.32 Å². The molecule has 6 nitrogen and oxygen atoms in total. The van der Waals surface area contributed by atoms with Crippen LogP contribution in [0.15, 0.2) is 59.6 Å². The maximum absolute atomic E-state index is 11.4. The molecule has 0 saturated carbocycles. The molecule has 6 heteroatoms. The van der Waals surface area contributed by atoms with Gasteiger partial charge in [0.2, 0.25) is 0 Å². The molecule has 0 bridgehead atoms. The molecule has 0 amide bonds. The monoisotopic (exact) mass is 422 g/mol. The summed E-state index contributed by atoms with van der Waals surface area (Å²) in [6.45, 7) is 11.2. The Bertz CT molecular complexity index is 874. The molecule has 31 heavy (non-hydrogen) atoms. The number of anilines is 1. The molecule has 0 aliphatic carbocycles. The molecule has 0 aromatic heterocycles. The number of rotatable bonds is 7. The van der Waals surface area contributed by atoms with Crippen molar-refractivity contribution in [1.29, 1.82) is 0 Å². The van der Waals surface area contributed by atoms with E-state index in [4.69, 9.17) is 4.99 Å². The third kappa shape index (κ3) is 6.82. The summed E-state index contributed by atoms with van der Waals surface area (Å²) in [6.07, 6.45) is 1.20. The van der Waals surface area contributed by atoms with Crippen molar-refractivity contribution in [3.63, 3.8) is 0 Å². The normalized spacial score (nSPS) is 16.4. The molecule has 2 aromatic rings. The molecule has 1 saturated heterocycles. The fourth-order valence-corrected chi connectivity index (χ4v) is 4.03. The predicted molar refractivity (Wildman–Crippen MR) is 127 cm³/mol. The summed E-state index contributed by atoms with van der Waals surface area (Å²) in [4.78, 5) is 21.0. The molecular weight excluding hydrogens is 388 g/mol. The second kappa shape index (κ2) is 11.0. The van der Waals surface area contributed by atoms with Gasteiger partial charge in [-0.05, 0) is 43.0 Å². The van der Waals surface area contributed by atoms with Gasteiger partial charge >= 0.3 is 5.97 Å². The number of aliphatic imine (C=N–C) groups is 1. The maximum Gasteiger partial charge on any atom is 0.335 e. The quantitative estimate of drug-likeness (QED) is 0.511. The van der Waals surface area contributed by atoms with Crippen molar-refractivity contribution in [2.45, 2.75) is 39.8 Å². The molecular formula is C25H34N4O2. The highest BCUT2D eigenvalue weighted by Crippen LogP contribution is 2.16. The van der Waals surface area contributed by atoms with Crippen LogP contribution in [-0.2, 0) is 6.54 Å². The number of nitrogens with zero attached hydrogens (tertiary/aromatic N) is 3. The average molecular weight is 423 g/mol. The van der Waals surface area contributed by atoms with Gasteiger partial charge in [0.15, 0.2) is 5.96 Å². The first-order valence-corrected chi connectivity index (χ1v) is 11.1. The summed E-state index contributed by atoms with van der Waals surface area (Å²) in [7, 11) is 0. The summed E-state index contributed by atoms with van der Waals surface area (Å²) in [5, 5.41) is 12.7. The lowest BCUT2D eigenvalue weighted by Gasteiger charge is -2.40. The number of benzene rings is 2. The first-order valence-electron chi connectivity index (χ1n) is 11.1. The fourth-order valence-electron chi connectivity index (χ4n) is 4.03. The van der Waals surface area contributed by atoms with Gasteiger partial charge in [0, 0.05) is 37.9 Å². The van der Waals surface area contributed by atoms with E-state index in [-0.39, 0.29) is 5.56 Å². The van der Waals surface area contributed by atoms with Crippen LogP contribution in [0.1, 0.15) is 43.1 Å². The minimum absolute atomic E-state index is 0.264. The average Bonchev–Trinajstić information content (AvgIpc) is 2.77. The summed E-state index contributed by atoms with van der Waals surface area (Å²) in [6, 6.07) is 17.6. The van der Waals surface area contributed by atoms with Crippen LogP contribution in [0.2, 0.25) is 0 Å². The van der Waals surface area contributed by atoms with Crippen molar-refractivity contribution in [3.05, 3.63) is 65.7 Å². The summed E-state index contributed by atoms with van der Waals surface area (Å²) in [5.41, 5.74) is 2.15. The topological polar surface area (TPSA) is 68.2 Å². The number of carbonyl (C=O) groups is 1. The van der Waals surface area contributed by atoms with Crippen LogP contribution in [0, 0.1) is 5.92 Å². The van der Waals surface area contributed by atoms with E-state index in [2.05, 4.69) is 48.0 Å². The number of aromatic carboxylic acids is 1. The summed E-state index contributed by atoms with van der Waals surface area (Å²) in [5.74, 6) is 0.556. The van der Waals surface area contributed by atoms with E-state index >= 15 is 0 Å². The molecule has 0 radical (unpaired) electrons. The van der Waals surface area contributed by atoms with E-state index in [1.54, 1.807) is 18.2 Å². The molecule has 166 valence electrons. The summed E-state index contributed by atoms with van der Waals surface area (Å²) >= 11 is 0. The zero-order chi connectivity index (χ0) is 22.2. The van der Waals surface area contributed by atoms with Crippen molar-refractivity contribution in [2.24, 2.45) is 10.9 Å². The molecule has 0 unspecified atom stereocenters. The van der Waals surface area contributed by atoms with Gasteiger partial charge in [0.05, 0.1) is 12.1 Å². The lowest BCUT2D eigenvalue weighted by Crippen LogP contribution is -2.53. The van der Waals surface area contributed by atoms with Crippen LogP contribution in [0.25, 0.3) is 0 Å². The van der Waals surface area contributed by atoms with Crippen molar-refractivity contribution < 1.29 is 9.90 Å². The highest BCUT2D eigenvalue weighted by atomic mass is 16.4. The highest BCUT2D eigenvalue weighted by molar-refractivity contribution is 5.95. The Balaban J connectivity index is 1.73. The standard InChI is InChI=1S/C25H34N4O2/c1-19(2)16-20(3)28-12-14-29(15-13-28)25(26-18-21-8-5-4-6-9-21)27-23-11-7-10-22(17-23)24(30)31/h4-11,17,19-20H,12-16,18H2,1-3H3,(H,26,27)(H,30,31)/t20-/m1/s1. The molecule has 1 aliphatic rings. The van der Waals surface area contributed by atoms with Crippen LogP contribution >= 0.6 is 0 Å². The molecule has 2 N–H and O–H groups in total. The largest absolute Gasteiger partial charge is 0.478 e. The van der Waals surface area contributed by atoms with Crippen molar-refractivity contribution in [1.82, 2.24) is 9.80 Å². The van der Waals surface area contributed by atoms with E-state index in [9.17, 15) is 9.90 Å². The van der Waals surface area contributed by atoms with Gasteiger partial charge in [-0.25, -0.2) is 9.79 Å². The second-order valence-electron chi connectivity index (χ2n) is 8.64. The summed E-state index contributed by atoms with van der Waals surface area (Å²) < 4.78 is 0. The van der Waals surface area contributed by atoms with E-state index < -0.39 is 5.97 Å². The van der Waals surface area contributed by atoms with Gasteiger partial charge in [-0.15, -0.1) is 0 Å². The Labute approximate surface area is 185 Å². The van der Waals surface area contributed by atoms with Crippen molar-refractivity contribution >= 4 is 17.6 Å². The molecule has 0 spiro atoms. The van der Waals surface area contributed by atoms with Gasteiger partial charge in [-0.3, -0.25) is 4.90 Å². The Morgan fingerprint density at radius 2 is 1.74 bits per heavy atom. The molecule has 2 aromatic carbocycles. The van der Waals surface area contributed by atoms with E-state index in [1.165, 1.54) is 6.42 Å². The van der Waals surface area contributed by atoms with Crippen LogP contribution in [0.5, 0.6) is 0 Å². The molecule has 3 rings (SSSR count). The predicted octanol–water partition coefficient (Wildman–Crippen LogP) is 4.41. The highest BCUT2D eigenvalue weighted by Gasteiger charge is 2.23. The lowest BCUT2D eigenvalue weighted by molar-refractivity contribution is 0.0697. The Hall–Kier alpha value is -2.86. The molecule has 1 heterocycles. The van der Waals surface area contributed by atoms with Crippen LogP contribution in [-0.4, -0.2) is 59.1 Å². The number of carboxylic acids is 1. The fraction of sp³-hybridized carbons (Fsp3) is 0.440. The first kappa shape index (κ1) is 22.8. The van der Waals surface area contributed by atoms with Gasteiger partial charge in [0.25, 0.3) is 0 Å². The van der Waals surface area contributed by atoms with Crippen LogP contribution in [0.4, 0.5) is 5.69 Å². The zero-order valence-electron chi connectivity index (χ0n) is 18.8. The van der Waals surface area contributed by atoms with E-state index in [0.717, 1.165) is 43.4 Å². The van der Waals surface area contributed by atoms with Crippen LogP contribution in [0.3, 0.4) is 0 Å². The number of hydrogen-bond donors (Lipinski definition) is 2. The van der Waals surface area contributed by atoms with Gasteiger partial charge in [-0.2, -0.15) is 0 Å². The third-order valence-corrected chi connectivity index (χ3v) is 5.67. The van der Waals surface area contributed by atoms with Gasteiger partial charge in [-0.1, -0.05) is 50.2 Å². The molecule has 1 aliphatic heterocycles. The van der Waals surface area contributed by atoms with Crippen molar-refractivity contribution in [2.75, 3.05) is 31.5 Å². The number of piperazine rings is 1. The minimum Gasteiger partial charge on any atom is -0.478 e. The van der Waals surface area contributed by atoms with Gasteiger partial charge in [0.1, 0.15) is 0 Å². The Kier molecular flexibility index (Phi) is 8.06. The number of carboxylic acid groups (broad SMARTS) is 1. The van der Waals surface area contributed by atoms with Gasteiger partial charge < -0.3 is 15.3 Å². The Morgan fingerprint density at radius 1 is 1.03 bits per heavy atom. The van der Waals surface area contributed by atoms with E-state index in [1.807, 2.05) is 24.3 Å². The molecule has 1 atom stereocenters. The number of guanidine groups is 1. The Morgan fingerprint density at radius 3 is 2.39 bits per heavy atom. The third-order valence-electron chi connectivity index (χ3n) is 5.67. The lowest BCUT2D eigenvalue weighted by atomic mass is 10.0. The number of hydrogen-bond acceptors (Lipinski definition) is 3. The van der Waals surface area contributed by atoms with Crippen molar-refractivity contribution in [3.8, 4) is 0 Å². The number of nitrogens with one attached hydrogen (secondary N) is 1. The second-order valence-corrected chi connectivity index (χ2v) is 8.64. The smallest absolute Gasteiger partial charge is 0.335 e. The van der Waals surface area contributed by atoms with E-state index in [0.29, 0.717) is 18.5 Å². The minimum atomic E-state index is -0.931. The molecule has 1 fully saturated rings.